The number of carbonyl (C=O) groups is 2. The maximum Gasteiger partial charge on any atom is 0.348 e. The number of para-hydroxylation sites is 1. The highest BCUT2D eigenvalue weighted by Crippen LogP contribution is 2.31. The van der Waals surface area contributed by atoms with E-state index in [1.54, 1.807) is 44.4 Å². The number of amides is 1. The quantitative estimate of drug-likeness (QED) is 0.440. The second kappa shape index (κ2) is 8.38. The molecular weight excluding hydrogens is 404 g/mol. The number of benzene rings is 2. The molecule has 2 heterocycles. The van der Waals surface area contributed by atoms with E-state index in [2.05, 4.69) is 10.5 Å². The van der Waals surface area contributed by atoms with Crippen molar-refractivity contribution in [2.24, 2.45) is 0 Å². The number of ether oxygens (including phenoxy) is 2. The molecule has 0 saturated heterocycles. The fourth-order valence-corrected chi connectivity index (χ4v) is 3.91. The average Bonchev–Trinajstić information content (AvgIpc) is 3.41. The number of nitrogens with one attached hydrogen (secondary N) is 1. The Morgan fingerprint density at radius 2 is 1.97 bits per heavy atom. The van der Waals surface area contributed by atoms with E-state index in [1.165, 1.54) is 11.3 Å². The van der Waals surface area contributed by atoms with E-state index in [9.17, 15) is 9.59 Å². The minimum atomic E-state index is -0.403. The van der Waals surface area contributed by atoms with Gasteiger partial charge in [0.15, 0.2) is 11.5 Å². The molecule has 2 aromatic carbocycles. The normalized spacial score (nSPS) is 10.7. The summed E-state index contributed by atoms with van der Waals surface area (Å²) in [6.45, 7) is 2.09. The zero-order chi connectivity index (χ0) is 21.1. The van der Waals surface area contributed by atoms with Gasteiger partial charge in [-0.15, -0.1) is 11.3 Å². The molecule has 0 radical (unpaired) electrons. The number of methoxy groups -OCH3 is 1. The average molecular weight is 422 g/mol. The Morgan fingerprint density at radius 1 is 1.13 bits per heavy atom. The first-order valence-corrected chi connectivity index (χ1v) is 10.0. The first-order chi connectivity index (χ1) is 14.6. The third kappa shape index (κ3) is 3.90. The van der Waals surface area contributed by atoms with Crippen LogP contribution in [0.1, 0.15) is 27.1 Å². The Balaban J connectivity index is 1.53. The molecule has 152 valence electrons. The monoisotopic (exact) mass is 422 g/mol. The predicted octanol–water partition coefficient (Wildman–Crippen LogP) is 4.99. The SMILES string of the molecule is CCOC(=O)c1cc2cc(NC(=O)c3cc(-c4ccccc4OC)on3)ccc2s1. The van der Waals surface area contributed by atoms with Crippen molar-refractivity contribution in [3.05, 3.63) is 65.2 Å². The Hall–Kier alpha value is -3.65. The van der Waals surface area contributed by atoms with Crippen molar-refractivity contribution in [3.8, 4) is 17.1 Å². The minimum Gasteiger partial charge on any atom is -0.496 e. The molecule has 4 aromatic rings. The van der Waals surface area contributed by atoms with Gasteiger partial charge in [0.1, 0.15) is 10.6 Å². The number of rotatable bonds is 6. The molecule has 2 aromatic heterocycles. The second-order valence-corrected chi connectivity index (χ2v) is 7.40. The molecule has 7 nitrogen and oxygen atoms in total. The van der Waals surface area contributed by atoms with Crippen LogP contribution in [-0.4, -0.2) is 30.7 Å². The van der Waals surface area contributed by atoms with Gasteiger partial charge in [-0.2, -0.15) is 0 Å². The maximum absolute atomic E-state index is 12.6. The van der Waals surface area contributed by atoms with Crippen LogP contribution in [0.5, 0.6) is 5.75 Å². The molecular formula is C22H18N2O5S. The highest BCUT2D eigenvalue weighted by Gasteiger charge is 2.17. The summed E-state index contributed by atoms with van der Waals surface area (Å²) in [5, 5.41) is 7.52. The molecule has 8 heteroatoms. The van der Waals surface area contributed by atoms with Crippen molar-refractivity contribution < 1.29 is 23.6 Å². The van der Waals surface area contributed by atoms with Crippen LogP contribution in [-0.2, 0) is 4.74 Å². The molecule has 1 N–H and O–H groups in total. The summed E-state index contributed by atoms with van der Waals surface area (Å²) < 4.78 is 16.6. The predicted molar refractivity (Wildman–Crippen MR) is 114 cm³/mol. The number of hydrogen-bond donors (Lipinski definition) is 1. The lowest BCUT2D eigenvalue weighted by atomic mass is 10.1. The highest BCUT2D eigenvalue weighted by atomic mass is 32.1. The third-order valence-corrected chi connectivity index (χ3v) is 5.46. The van der Waals surface area contributed by atoms with Crippen LogP contribution in [0, 0.1) is 0 Å². The highest BCUT2D eigenvalue weighted by molar-refractivity contribution is 7.20. The zero-order valence-electron chi connectivity index (χ0n) is 16.3. The Morgan fingerprint density at radius 3 is 2.77 bits per heavy atom. The van der Waals surface area contributed by atoms with Gasteiger partial charge < -0.3 is 19.3 Å². The molecule has 4 rings (SSSR count). The fraction of sp³-hybridized carbons (Fsp3) is 0.136. The van der Waals surface area contributed by atoms with Gasteiger partial charge in [-0.3, -0.25) is 4.79 Å². The largest absolute Gasteiger partial charge is 0.496 e. The van der Waals surface area contributed by atoms with E-state index in [4.69, 9.17) is 14.0 Å². The molecule has 0 saturated carbocycles. The molecule has 0 aliphatic heterocycles. The van der Waals surface area contributed by atoms with E-state index < -0.39 is 5.91 Å². The Labute approximate surface area is 176 Å². The van der Waals surface area contributed by atoms with Crippen LogP contribution in [0.25, 0.3) is 21.4 Å². The van der Waals surface area contributed by atoms with Crippen molar-refractivity contribution in [2.75, 3.05) is 19.0 Å². The first kappa shape index (κ1) is 19.7. The van der Waals surface area contributed by atoms with Crippen LogP contribution in [0.15, 0.2) is 59.1 Å². The standard InChI is InChI=1S/C22H18N2O5S/c1-3-28-22(26)20-11-13-10-14(8-9-19(13)30-20)23-21(25)16-12-18(29-24-16)15-6-4-5-7-17(15)27-2/h4-12H,3H2,1-2H3,(H,23,25). The number of anilines is 1. The van der Waals surface area contributed by atoms with Crippen LogP contribution in [0.3, 0.4) is 0 Å². The molecule has 0 aliphatic rings. The second-order valence-electron chi connectivity index (χ2n) is 6.31. The summed E-state index contributed by atoms with van der Waals surface area (Å²) in [7, 11) is 1.57. The van der Waals surface area contributed by atoms with Gasteiger partial charge in [-0.05, 0) is 48.7 Å². The van der Waals surface area contributed by atoms with Gasteiger partial charge in [-0.25, -0.2) is 4.79 Å². The van der Waals surface area contributed by atoms with Crippen LogP contribution in [0.4, 0.5) is 5.69 Å². The van der Waals surface area contributed by atoms with Crippen molar-refractivity contribution >= 4 is 39.0 Å². The van der Waals surface area contributed by atoms with Gasteiger partial charge in [0, 0.05) is 16.5 Å². The number of carbonyl (C=O) groups excluding carboxylic acids is 2. The van der Waals surface area contributed by atoms with Crippen molar-refractivity contribution in [3.63, 3.8) is 0 Å². The summed E-state index contributed by atoms with van der Waals surface area (Å²) >= 11 is 1.35. The molecule has 30 heavy (non-hydrogen) atoms. The number of aromatic nitrogens is 1. The van der Waals surface area contributed by atoms with Gasteiger partial charge in [0.25, 0.3) is 5.91 Å². The summed E-state index contributed by atoms with van der Waals surface area (Å²) in [4.78, 5) is 25.1. The Kier molecular flexibility index (Phi) is 5.49. The number of nitrogens with zero attached hydrogens (tertiary/aromatic N) is 1. The summed E-state index contributed by atoms with van der Waals surface area (Å²) in [6, 6.07) is 16.1. The summed E-state index contributed by atoms with van der Waals surface area (Å²) in [6.07, 6.45) is 0. The maximum atomic E-state index is 12.6. The van der Waals surface area contributed by atoms with Gasteiger partial charge in [0.2, 0.25) is 0 Å². The van der Waals surface area contributed by atoms with Crippen molar-refractivity contribution in [2.45, 2.75) is 6.92 Å². The van der Waals surface area contributed by atoms with E-state index in [0.717, 1.165) is 10.1 Å². The van der Waals surface area contributed by atoms with Gasteiger partial charge >= 0.3 is 5.97 Å². The molecule has 0 fully saturated rings. The minimum absolute atomic E-state index is 0.147. The van der Waals surface area contributed by atoms with Crippen molar-refractivity contribution in [1.29, 1.82) is 0 Å². The summed E-state index contributed by atoms with van der Waals surface area (Å²) in [5.74, 6) is 0.307. The Bertz CT molecular complexity index is 1230. The smallest absolute Gasteiger partial charge is 0.348 e. The van der Waals surface area contributed by atoms with E-state index in [0.29, 0.717) is 34.2 Å². The molecule has 0 unspecified atom stereocenters. The van der Waals surface area contributed by atoms with E-state index in [1.807, 2.05) is 24.3 Å². The number of thiophene rings is 1. The lowest BCUT2D eigenvalue weighted by molar-refractivity contribution is 0.0532. The van der Waals surface area contributed by atoms with Crippen LogP contribution < -0.4 is 10.1 Å². The summed E-state index contributed by atoms with van der Waals surface area (Å²) in [5.41, 5.74) is 1.44. The van der Waals surface area contributed by atoms with Gasteiger partial charge in [0.05, 0.1) is 19.3 Å². The van der Waals surface area contributed by atoms with Crippen molar-refractivity contribution in [1.82, 2.24) is 5.16 Å². The van der Waals surface area contributed by atoms with Crippen LogP contribution in [0.2, 0.25) is 0 Å². The zero-order valence-corrected chi connectivity index (χ0v) is 17.1. The number of hydrogen-bond acceptors (Lipinski definition) is 7. The van der Waals surface area contributed by atoms with E-state index in [-0.39, 0.29) is 11.7 Å². The first-order valence-electron chi connectivity index (χ1n) is 9.21. The lowest BCUT2D eigenvalue weighted by Gasteiger charge is -2.04. The van der Waals surface area contributed by atoms with Crippen LogP contribution >= 0.6 is 11.3 Å². The molecule has 0 spiro atoms. The molecule has 0 aliphatic carbocycles. The fourth-order valence-electron chi connectivity index (χ4n) is 2.98. The molecule has 0 bridgehead atoms. The number of esters is 1. The topological polar surface area (TPSA) is 90.7 Å². The molecule has 1 amide bonds. The lowest BCUT2D eigenvalue weighted by Crippen LogP contribution is -2.11. The third-order valence-electron chi connectivity index (χ3n) is 4.37. The van der Waals surface area contributed by atoms with Gasteiger partial charge in [-0.1, -0.05) is 17.3 Å². The molecule has 0 atom stereocenters. The number of fused-ring (bicyclic) bond motifs is 1. The van der Waals surface area contributed by atoms with E-state index >= 15 is 0 Å².